The molecule has 12 nitrogen and oxygen atoms in total. The first-order valence-electron chi connectivity index (χ1n) is 16.7. The van der Waals surface area contributed by atoms with Crippen molar-refractivity contribution in [1.82, 2.24) is 19.5 Å². The van der Waals surface area contributed by atoms with Crippen molar-refractivity contribution >= 4 is 29.1 Å². The van der Waals surface area contributed by atoms with E-state index in [2.05, 4.69) is 15.3 Å². The molecule has 3 aromatic carbocycles. The van der Waals surface area contributed by atoms with Crippen LogP contribution in [0.5, 0.6) is 5.75 Å². The third-order valence-corrected chi connectivity index (χ3v) is 8.19. The van der Waals surface area contributed by atoms with E-state index >= 15 is 0 Å². The Morgan fingerprint density at radius 1 is 0.784 bits per heavy atom. The molecule has 0 aliphatic heterocycles. The van der Waals surface area contributed by atoms with Gasteiger partial charge in [0, 0.05) is 0 Å². The van der Waals surface area contributed by atoms with E-state index in [-0.39, 0.29) is 37.1 Å². The van der Waals surface area contributed by atoms with Gasteiger partial charge in [-0.1, -0.05) is 72.8 Å². The Labute approximate surface area is 297 Å². The molecule has 5 rings (SSSR count). The Bertz CT molecular complexity index is 1920. The number of nitrogens with one attached hydrogen (secondary N) is 2. The monoisotopic (exact) mass is 695 g/mol. The highest BCUT2D eigenvalue weighted by molar-refractivity contribution is 5.76. The number of hydrogen-bond donors (Lipinski definition) is 2. The highest BCUT2D eigenvalue weighted by Crippen LogP contribution is 2.40. The third kappa shape index (κ3) is 8.46. The van der Waals surface area contributed by atoms with Crippen molar-refractivity contribution in [2.75, 3.05) is 25.6 Å². The second-order valence-electron chi connectivity index (χ2n) is 14.3. The van der Waals surface area contributed by atoms with Crippen LogP contribution in [0.2, 0.25) is 0 Å². The van der Waals surface area contributed by atoms with E-state index in [0.717, 1.165) is 16.7 Å². The lowest BCUT2D eigenvalue weighted by molar-refractivity contribution is -0.166. The maximum atomic E-state index is 13.5. The molecule has 0 atom stereocenters. The van der Waals surface area contributed by atoms with Crippen molar-refractivity contribution in [2.45, 2.75) is 59.9 Å². The van der Waals surface area contributed by atoms with Crippen molar-refractivity contribution < 1.29 is 28.5 Å². The van der Waals surface area contributed by atoms with Gasteiger partial charge in [0.15, 0.2) is 11.2 Å². The average Bonchev–Trinajstić information content (AvgIpc) is 3.53. The van der Waals surface area contributed by atoms with Gasteiger partial charge in [-0.2, -0.15) is 4.98 Å². The number of aromatic amines is 1. The Kier molecular flexibility index (Phi) is 10.9. The molecule has 2 N–H and O–H groups in total. The molecule has 0 bridgehead atoms. The predicted octanol–water partition coefficient (Wildman–Crippen LogP) is 6.05. The molecule has 0 saturated heterocycles. The molecule has 2 heterocycles. The van der Waals surface area contributed by atoms with Crippen molar-refractivity contribution in [3.05, 3.63) is 118 Å². The maximum Gasteiger partial charge on any atom is 0.311 e. The summed E-state index contributed by atoms with van der Waals surface area (Å²) in [7, 11) is 1.62. The fraction of sp³-hybridized carbons (Fsp3) is 0.359. The van der Waals surface area contributed by atoms with Gasteiger partial charge in [0.05, 0.1) is 24.3 Å². The predicted molar refractivity (Wildman–Crippen MR) is 193 cm³/mol. The molecule has 51 heavy (non-hydrogen) atoms. The van der Waals surface area contributed by atoms with Crippen LogP contribution in [0.3, 0.4) is 0 Å². The van der Waals surface area contributed by atoms with Gasteiger partial charge >= 0.3 is 11.9 Å². The lowest BCUT2D eigenvalue weighted by Gasteiger charge is -2.37. The van der Waals surface area contributed by atoms with E-state index in [0.29, 0.717) is 5.75 Å². The summed E-state index contributed by atoms with van der Waals surface area (Å²) >= 11 is 0. The molecule has 0 amide bonds. The van der Waals surface area contributed by atoms with Gasteiger partial charge in [0.25, 0.3) is 5.56 Å². The average molecular weight is 696 g/mol. The van der Waals surface area contributed by atoms with E-state index in [1.165, 1.54) is 6.33 Å². The van der Waals surface area contributed by atoms with Crippen LogP contribution in [0.25, 0.3) is 11.2 Å². The second-order valence-corrected chi connectivity index (χ2v) is 14.3. The number of ether oxygens (including phenoxy) is 4. The van der Waals surface area contributed by atoms with Gasteiger partial charge in [-0.3, -0.25) is 23.9 Å². The van der Waals surface area contributed by atoms with Crippen LogP contribution < -0.4 is 15.6 Å². The van der Waals surface area contributed by atoms with Crippen molar-refractivity contribution in [1.29, 1.82) is 0 Å². The SMILES string of the molecule is COc1ccc(C(Nc2nc3c(ncn3COC(COC(=O)C(C)(C)C)COC(=O)C(C)(C)C)c(=O)[nH]2)(c2ccccc2)c2ccccc2)cc1. The lowest BCUT2D eigenvalue weighted by atomic mass is 9.77. The van der Waals surface area contributed by atoms with Crippen LogP contribution in [0.1, 0.15) is 58.2 Å². The first kappa shape index (κ1) is 36.8. The fourth-order valence-electron chi connectivity index (χ4n) is 5.32. The number of anilines is 1. The van der Waals surface area contributed by atoms with E-state index in [1.54, 1.807) is 53.2 Å². The molecule has 268 valence electrons. The normalized spacial score (nSPS) is 12.2. The summed E-state index contributed by atoms with van der Waals surface area (Å²) in [4.78, 5) is 50.6. The molecular formula is C39H45N5O7. The Hall–Kier alpha value is -5.49. The molecule has 0 aliphatic rings. The highest BCUT2D eigenvalue weighted by atomic mass is 16.6. The van der Waals surface area contributed by atoms with Gasteiger partial charge in [-0.15, -0.1) is 0 Å². The number of rotatable bonds is 13. The number of aromatic nitrogens is 4. The first-order valence-corrected chi connectivity index (χ1v) is 16.7. The molecule has 5 aromatic rings. The Morgan fingerprint density at radius 3 is 1.78 bits per heavy atom. The number of carbonyl (C=O) groups is 2. The van der Waals surface area contributed by atoms with Crippen molar-refractivity contribution in [3.63, 3.8) is 0 Å². The number of imidazole rings is 1. The van der Waals surface area contributed by atoms with Crippen LogP contribution >= 0.6 is 0 Å². The van der Waals surface area contributed by atoms with Gasteiger partial charge in [-0.05, 0) is 70.4 Å². The Balaban J connectivity index is 1.51. The van der Waals surface area contributed by atoms with Gasteiger partial charge in [0.1, 0.15) is 37.3 Å². The minimum Gasteiger partial charge on any atom is -0.497 e. The molecule has 0 fully saturated rings. The third-order valence-electron chi connectivity index (χ3n) is 8.19. The maximum absolute atomic E-state index is 13.5. The van der Waals surface area contributed by atoms with Gasteiger partial charge < -0.3 is 24.3 Å². The molecule has 0 saturated carbocycles. The largest absolute Gasteiger partial charge is 0.497 e. The van der Waals surface area contributed by atoms with E-state index in [9.17, 15) is 14.4 Å². The summed E-state index contributed by atoms with van der Waals surface area (Å²) in [6, 6.07) is 27.5. The molecule has 0 radical (unpaired) electrons. The summed E-state index contributed by atoms with van der Waals surface area (Å²) in [6.07, 6.45) is 0.639. The number of fused-ring (bicyclic) bond motifs is 1. The lowest BCUT2D eigenvalue weighted by Crippen LogP contribution is -2.39. The fourth-order valence-corrected chi connectivity index (χ4v) is 5.32. The molecule has 2 aromatic heterocycles. The summed E-state index contributed by atoms with van der Waals surface area (Å²) in [5, 5.41) is 3.58. The Morgan fingerprint density at radius 2 is 1.29 bits per heavy atom. The smallest absolute Gasteiger partial charge is 0.311 e. The molecule has 0 unspecified atom stereocenters. The number of carbonyl (C=O) groups excluding carboxylic acids is 2. The summed E-state index contributed by atoms with van der Waals surface area (Å²) in [5.41, 5.74) is 0.106. The minimum atomic E-state index is -1.00. The number of hydrogen-bond acceptors (Lipinski definition) is 10. The molecule has 12 heteroatoms. The van der Waals surface area contributed by atoms with Gasteiger partial charge in [-0.25, -0.2) is 4.98 Å². The minimum absolute atomic E-state index is 0.105. The molecule has 0 aliphatic carbocycles. The van der Waals surface area contributed by atoms with E-state index < -0.39 is 40.0 Å². The van der Waals surface area contributed by atoms with Crippen LogP contribution in [0.15, 0.2) is 96.1 Å². The van der Waals surface area contributed by atoms with Gasteiger partial charge in [0.2, 0.25) is 5.95 Å². The quantitative estimate of drug-likeness (QED) is 0.110. The van der Waals surface area contributed by atoms with E-state index in [1.807, 2.05) is 84.9 Å². The highest BCUT2D eigenvalue weighted by Gasteiger charge is 2.37. The summed E-state index contributed by atoms with van der Waals surface area (Å²) < 4.78 is 24.2. The zero-order chi connectivity index (χ0) is 36.8. The van der Waals surface area contributed by atoms with Crippen LogP contribution in [-0.4, -0.2) is 57.9 Å². The zero-order valence-electron chi connectivity index (χ0n) is 30.1. The number of H-pyrrole nitrogens is 1. The first-order chi connectivity index (χ1) is 24.2. The standard InChI is InChI=1S/C39H45N5O7/c1-37(2,3)34(46)49-22-30(23-50-35(47)38(4,5)6)51-25-44-24-40-31-32(44)41-36(42-33(31)45)43-39(26-14-10-8-11-15-26,27-16-12-9-13-17-27)28-18-20-29(48-7)21-19-28/h8-21,24,30H,22-23,25H2,1-7H3,(H2,41,42,43,45). The number of nitrogens with zero attached hydrogens (tertiary/aromatic N) is 3. The number of methoxy groups -OCH3 is 1. The van der Waals surface area contributed by atoms with Crippen molar-refractivity contribution in [2.24, 2.45) is 10.8 Å². The van der Waals surface area contributed by atoms with Crippen LogP contribution in [0.4, 0.5) is 5.95 Å². The van der Waals surface area contributed by atoms with Crippen LogP contribution in [0, 0.1) is 10.8 Å². The van der Waals surface area contributed by atoms with Crippen LogP contribution in [-0.2, 0) is 36.1 Å². The zero-order valence-corrected chi connectivity index (χ0v) is 30.1. The topological polar surface area (TPSA) is 147 Å². The van der Waals surface area contributed by atoms with Crippen molar-refractivity contribution in [3.8, 4) is 5.75 Å². The molecule has 0 spiro atoms. The summed E-state index contributed by atoms with van der Waals surface area (Å²) in [5.74, 6) is 0.0395. The number of esters is 2. The molecular weight excluding hydrogens is 650 g/mol. The van der Waals surface area contributed by atoms with E-state index in [4.69, 9.17) is 23.9 Å². The number of benzene rings is 3. The summed E-state index contributed by atoms with van der Waals surface area (Å²) in [6.45, 7) is 10.0. The second kappa shape index (κ2) is 15.2.